The Kier molecular flexibility index (Phi) is 5.90. The molecular weight excluding hydrogens is 304 g/mol. The first-order valence-corrected chi connectivity index (χ1v) is 9.94. The Morgan fingerprint density at radius 2 is 1.87 bits per heavy atom. The number of benzene rings is 1. The molecule has 1 aromatic carbocycles. The molecule has 4 heteroatoms. The maximum atomic E-state index is 12.4. The van der Waals surface area contributed by atoms with Crippen LogP contribution >= 0.6 is 11.3 Å². The molecule has 0 radical (unpaired) electrons. The molecule has 2 heterocycles. The van der Waals surface area contributed by atoms with Crippen molar-refractivity contribution in [3.63, 3.8) is 0 Å². The molecule has 0 saturated carbocycles. The summed E-state index contributed by atoms with van der Waals surface area (Å²) in [6.07, 6.45) is 8.88. The molecule has 1 fully saturated rings. The third-order valence-corrected chi connectivity index (χ3v) is 5.83. The summed E-state index contributed by atoms with van der Waals surface area (Å²) in [6.45, 7) is 6.43. The molecule has 0 N–H and O–H groups in total. The Hall–Kier alpha value is -1.13. The minimum absolute atomic E-state index is 0.197. The zero-order valence-corrected chi connectivity index (χ0v) is 15.0. The summed E-state index contributed by atoms with van der Waals surface area (Å²) in [5.74, 6) is 0. The number of rotatable bonds is 6. The molecule has 0 amide bonds. The van der Waals surface area contributed by atoms with Crippen molar-refractivity contribution in [2.45, 2.75) is 58.4 Å². The predicted octanol–water partition coefficient (Wildman–Crippen LogP) is 4.28. The molecule has 1 saturated heterocycles. The van der Waals surface area contributed by atoms with E-state index in [0.717, 1.165) is 29.7 Å². The standard InChI is InChI=1S/C19H28N2OS/c1-2-3-8-16-9-10-17-18(15-16)23-19(22)21(17)14-13-20-11-6-4-5-7-12-20/h9-10,15H,2-8,11-14H2,1H3. The number of likely N-dealkylation sites (tertiary alicyclic amines) is 1. The predicted molar refractivity (Wildman–Crippen MR) is 99.6 cm³/mol. The van der Waals surface area contributed by atoms with E-state index in [-0.39, 0.29) is 4.87 Å². The van der Waals surface area contributed by atoms with Gasteiger partial charge in [0.15, 0.2) is 0 Å². The molecule has 0 bridgehead atoms. The van der Waals surface area contributed by atoms with Gasteiger partial charge in [0, 0.05) is 13.1 Å². The lowest BCUT2D eigenvalue weighted by molar-refractivity contribution is 0.274. The summed E-state index contributed by atoms with van der Waals surface area (Å²) < 4.78 is 3.13. The van der Waals surface area contributed by atoms with Gasteiger partial charge in [-0.3, -0.25) is 9.36 Å². The van der Waals surface area contributed by atoms with Gasteiger partial charge in [-0.25, -0.2) is 0 Å². The zero-order valence-electron chi connectivity index (χ0n) is 14.2. The van der Waals surface area contributed by atoms with Gasteiger partial charge in [-0.2, -0.15) is 0 Å². The average molecular weight is 333 g/mol. The van der Waals surface area contributed by atoms with Gasteiger partial charge < -0.3 is 4.90 Å². The van der Waals surface area contributed by atoms with Gasteiger partial charge in [0.1, 0.15) is 0 Å². The molecule has 2 aromatic rings. The molecule has 0 aliphatic carbocycles. The number of aromatic nitrogens is 1. The summed E-state index contributed by atoms with van der Waals surface area (Å²) in [5.41, 5.74) is 2.48. The molecule has 0 unspecified atom stereocenters. The number of hydrogen-bond donors (Lipinski definition) is 0. The van der Waals surface area contributed by atoms with E-state index >= 15 is 0 Å². The van der Waals surface area contributed by atoms with Gasteiger partial charge in [0.25, 0.3) is 0 Å². The van der Waals surface area contributed by atoms with Crippen molar-refractivity contribution in [2.75, 3.05) is 19.6 Å². The Bertz CT molecular complexity index is 680. The number of nitrogens with zero attached hydrogens (tertiary/aromatic N) is 2. The summed E-state index contributed by atoms with van der Waals surface area (Å²) in [7, 11) is 0. The smallest absolute Gasteiger partial charge is 0.302 e. The van der Waals surface area contributed by atoms with Gasteiger partial charge in [-0.15, -0.1) is 0 Å². The highest BCUT2D eigenvalue weighted by Crippen LogP contribution is 2.20. The lowest BCUT2D eigenvalue weighted by atomic mass is 10.1. The first kappa shape index (κ1) is 16.7. The van der Waals surface area contributed by atoms with Crippen LogP contribution in [0.1, 0.15) is 51.0 Å². The Balaban J connectivity index is 1.72. The molecule has 0 spiro atoms. The van der Waals surface area contributed by atoms with Crippen LogP contribution in [0.4, 0.5) is 0 Å². The summed E-state index contributed by atoms with van der Waals surface area (Å²) >= 11 is 1.41. The van der Waals surface area contributed by atoms with Crippen LogP contribution in [-0.2, 0) is 13.0 Å². The lowest BCUT2D eigenvalue weighted by Gasteiger charge is -2.19. The Morgan fingerprint density at radius 1 is 1.09 bits per heavy atom. The third kappa shape index (κ3) is 4.24. The molecule has 1 aliphatic rings. The molecule has 3 rings (SSSR count). The second-order valence-corrected chi connectivity index (χ2v) is 7.67. The van der Waals surface area contributed by atoms with Crippen molar-refractivity contribution in [3.05, 3.63) is 33.4 Å². The SMILES string of the molecule is CCCCc1ccc2c(c1)sc(=O)n2CCN1CCCCCC1. The van der Waals surface area contributed by atoms with Crippen LogP contribution in [0.25, 0.3) is 10.2 Å². The fourth-order valence-electron chi connectivity index (χ4n) is 3.46. The Morgan fingerprint density at radius 3 is 2.61 bits per heavy atom. The van der Waals surface area contributed by atoms with Crippen molar-refractivity contribution in [2.24, 2.45) is 0 Å². The Labute approximate surface area is 142 Å². The fraction of sp³-hybridized carbons (Fsp3) is 0.632. The van der Waals surface area contributed by atoms with Crippen molar-refractivity contribution >= 4 is 21.6 Å². The molecular formula is C19H28N2OS. The average Bonchev–Trinajstić information content (AvgIpc) is 2.73. The van der Waals surface area contributed by atoms with E-state index in [0.29, 0.717) is 0 Å². The highest BCUT2D eigenvalue weighted by molar-refractivity contribution is 7.16. The number of fused-ring (bicyclic) bond motifs is 1. The highest BCUT2D eigenvalue weighted by Gasteiger charge is 2.12. The van der Waals surface area contributed by atoms with E-state index in [1.165, 1.54) is 68.5 Å². The number of unbranched alkanes of at least 4 members (excludes halogenated alkanes) is 1. The quantitative estimate of drug-likeness (QED) is 0.789. The van der Waals surface area contributed by atoms with Gasteiger partial charge in [-0.1, -0.05) is 43.6 Å². The molecule has 23 heavy (non-hydrogen) atoms. The zero-order chi connectivity index (χ0) is 16.1. The normalized spacial score (nSPS) is 16.7. The van der Waals surface area contributed by atoms with Crippen molar-refractivity contribution in [3.8, 4) is 0 Å². The number of thiazole rings is 1. The van der Waals surface area contributed by atoms with Crippen molar-refractivity contribution < 1.29 is 0 Å². The molecule has 1 aliphatic heterocycles. The van der Waals surface area contributed by atoms with Crippen molar-refractivity contribution in [1.82, 2.24) is 9.47 Å². The van der Waals surface area contributed by atoms with Crippen LogP contribution in [0, 0.1) is 0 Å². The van der Waals surface area contributed by atoms with Gasteiger partial charge in [0.2, 0.25) is 0 Å². The molecule has 126 valence electrons. The van der Waals surface area contributed by atoms with E-state index in [1.54, 1.807) is 0 Å². The second kappa shape index (κ2) is 8.11. The van der Waals surface area contributed by atoms with E-state index in [1.807, 2.05) is 4.57 Å². The van der Waals surface area contributed by atoms with E-state index in [2.05, 4.69) is 30.0 Å². The summed E-state index contributed by atoms with van der Waals surface area (Å²) in [5, 5.41) is 0. The summed E-state index contributed by atoms with van der Waals surface area (Å²) in [6, 6.07) is 6.58. The third-order valence-electron chi connectivity index (χ3n) is 4.89. The number of aryl methyl sites for hydroxylation is 1. The topological polar surface area (TPSA) is 25.2 Å². The van der Waals surface area contributed by atoms with Crippen LogP contribution in [0.15, 0.2) is 23.0 Å². The summed E-state index contributed by atoms with van der Waals surface area (Å²) in [4.78, 5) is 15.1. The lowest BCUT2D eigenvalue weighted by Crippen LogP contribution is -2.30. The minimum atomic E-state index is 0.197. The molecule has 0 atom stereocenters. The first-order chi connectivity index (χ1) is 11.3. The van der Waals surface area contributed by atoms with Crippen LogP contribution in [0.2, 0.25) is 0 Å². The second-order valence-electron chi connectivity index (χ2n) is 6.68. The van der Waals surface area contributed by atoms with Crippen LogP contribution in [0.3, 0.4) is 0 Å². The maximum Gasteiger partial charge on any atom is 0.308 e. The van der Waals surface area contributed by atoms with Gasteiger partial charge in [0.05, 0.1) is 10.2 Å². The monoisotopic (exact) mass is 332 g/mol. The van der Waals surface area contributed by atoms with E-state index in [4.69, 9.17) is 0 Å². The highest BCUT2D eigenvalue weighted by atomic mass is 32.1. The van der Waals surface area contributed by atoms with E-state index in [9.17, 15) is 4.79 Å². The first-order valence-electron chi connectivity index (χ1n) is 9.12. The van der Waals surface area contributed by atoms with Gasteiger partial charge >= 0.3 is 4.87 Å². The van der Waals surface area contributed by atoms with Crippen LogP contribution < -0.4 is 4.87 Å². The minimum Gasteiger partial charge on any atom is -0.302 e. The molecule has 3 nitrogen and oxygen atoms in total. The van der Waals surface area contributed by atoms with Gasteiger partial charge in [-0.05, 0) is 56.5 Å². The molecule has 1 aromatic heterocycles. The maximum absolute atomic E-state index is 12.4. The van der Waals surface area contributed by atoms with Crippen LogP contribution in [-0.4, -0.2) is 29.1 Å². The fourth-order valence-corrected chi connectivity index (χ4v) is 4.44. The van der Waals surface area contributed by atoms with Crippen molar-refractivity contribution in [1.29, 1.82) is 0 Å². The van der Waals surface area contributed by atoms with E-state index < -0.39 is 0 Å². The largest absolute Gasteiger partial charge is 0.308 e. The van der Waals surface area contributed by atoms with Crippen LogP contribution in [0.5, 0.6) is 0 Å². The number of hydrogen-bond acceptors (Lipinski definition) is 3.